The molecule has 0 spiro atoms. The van der Waals surface area contributed by atoms with Crippen molar-refractivity contribution in [1.82, 2.24) is 9.58 Å². The number of fused-ring (bicyclic) bond motifs is 4. The van der Waals surface area contributed by atoms with Crippen LogP contribution in [-0.4, -0.2) is 48.1 Å². The monoisotopic (exact) mass is 511 g/mol. The fourth-order valence-corrected chi connectivity index (χ4v) is 7.21. The predicted molar refractivity (Wildman–Crippen MR) is 129 cm³/mol. The van der Waals surface area contributed by atoms with Crippen molar-refractivity contribution >= 4 is 35.2 Å². The summed E-state index contributed by atoms with van der Waals surface area (Å²) in [5, 5.41) is 4.13. The van der Waals surface area contributed by atoms with E-state index in [1.54, 1.807) is 29.3 Å². The minimum absolute atomic E-state index is 0.149. The number of benzene rings is 1. The molecule has 3 aliphatic rings. The number of aromatic nitrogens is 1. The van der Waals surface area contributed by atoms with E-state index in [0.29, 0.717) is 5.69 Å². The van der Waals surface area contributed by atoms with Crippen LogP contribution in [0.1, 0.15) is 34.0 Å². The van der Waals surface area contributed by atoms with Crippen LogP contribution in [0, 0.1) is 0 Å². The van der Waals surface area contributed by atoms with E-state index in [1.807, 2.05) is 16.8 Å². The summed E-state index contributed by atoms with van der Waals surface area (Å²) in [4.78, 5) is 41.6. The Hall–Kier alpha value is -3.28. The Bertz CT molecular complexity index is 1370. The zero-order valence-electron chi connectivity index (χ0n) is 18.7. The van der Waals surface area contributed by atoms with Crippen molar-refractivity contribution in [2.75, 3.05) is 25.3 Å². The standard InChI is InChI=1S/C24H21N3O6S2/c1-31-24(30)33-23-17-10-15(28)6-8-25(17)27(19-11-32-12-20(29)26(19)23)21-16-5-3-2-4-14(16)13-35-18-7-9-34-22(18)21/h2-10,19,21,23H,11-13H2,1H3/t19-,21+,23?/m1/s1. The summed E-state index contributed by atoms with van der Waals surface area (Å²) in [7, 11) is 1.20. The Morgan fingerprint density at radius 2 is 2.03 bits per heavy atom. The first-order chi connectivity index (χ1) is 17.1. The van der Waals surface area contributed by atoms with E-state index in [2.05, 4.69) is 28.6 Å². The normalized spacial score (nSPS) is 22.9. The number of rotatable bonds is 2. The predicted octanol–water partition coefficient (Wildman–Crippen LogP) is 3.22. The Morgan fingerprint density at radius 3 is 2.89 bits per heavy atom. The van der Waals surface area contributed by atoms with Crippen molar-refractivity contribution in [3.8, 4) is 0 Å². The van der Waals surface area contributed by atoms with E-state index in [9.17, 15) is 14.4 Å². The van der Waals surface area contributed by atoms with Gasteiger partial charge in [0.2, 0.25) is 6.23 Å². The lowest BCUT2D eigenvalue weighted by molar-refractivity contribution is -0.174. The van der Waals surface area contributed by atoms with Crippen LogP contribution in [0.15, 0.2) is 63.7 Å². The molecular formula is C24H21N3O6S2. The van der Waals surface area contributed by atoms with Gasteiger partial charge >= 0.3 is 6.16 Å². The maximum absolute atomic E-state index is 13.2. The van der Waals surface area contributed by atoms with Gasteiger partial charge in [-0.1, -0.05) is 24.3 Å². The van der Waals surface area contributed by atoms with Gasteiger partial charge in [0, 0.05) is 33.9 Å². The van der Waals surface area contributed by atoms with Gasteiger partial charge in [-0.05, 0) is 22.6 Å². The molecule has 0 N–H and O–H groups in total. The van der Waals surface area contributed by atoms with Gasteiger partial charge in [-0.3, -0.25) is 24.2 Å². The molecule has 1 aromatic carbocycles. The van der Waals surface area contributed by atoms with Gasteiger partial charge in [-0.15, -0.1) is 23.1 Å². The van der Waals surface area contributed by atoms with Gasteiger partial charge in [-0.25, -0.2) is 4.79 Å². The van der Waals surface area contributed by atoms with E-state index in [4.69, 9.17) is 14.2 Å². The van der Waals surface area contributed by atoms with Crippen LogP contribution >= 0.6 is 23.1 Å². The maximum atomic E-state index is 13.2. The third kappa shape index (κ3) is 3.62. The molecule has 5 heterocycles. The lowest BCUT2D eigenvalue weighted by Gasteiger charge is -2.53. The van der Waals surface area contributed by atoms with E-state index in [0.717, 1.165) is 16.2 Å². The molecule has 11 heteroatoms. The van der Waals surface area contributed by atoms with Crippen molar-refractivity contribution in [2.45, 2.75) is 29.1 Å². The number of nitrogens with zero attached hydrogens (tertiary/aromatic N) is 3. The van der Waals surface area contributed by atoms with Gasteiger partial charge < -0.3 is 14.2 Å². The molecule has 0 bridgehead atoms. The van der Waals surface area contributed by atoms with Crippen molar-refractivity contribution in [3.63, 3.8) is 0 Å². The van der Waals surface area contributed by atoms with Crippen molar-refractivity contribution in [2.24, 2.45) is 0 Å². The average molecular weight is 512 g/mol. The van der Waals surface area contributed by atoms with Crippen LogP contribution in [0.5, 0.6) is 0 Å². The summed E-state index contributed by atoms with van der Waals surface area (Å²) >= 11 is 3.43. The molecule has 2 aromatic heterocycles. The number of morpholine rings is 1. The number of pyridine rings is 1. The van der Waals surface area contributed by atoms with E-state index < -0.39 is 18.5 Å². The van der Waals surface area contributed by atoms with Crippen LogP contribution in [0.3, 0.4) is 0 Å². The second-order valence-corrected chi connectivity index (χ2v) is 10.2. The molecule has 0 aliphatic carbocycles. The SMILES string of the molecule is COC(=O)OC1c2cc(=O)ccn2N([C@H]2c3ccccc3CSc3ccsc32)[C@@H]2COCC(=O)N12. The number of carbonyl (C=O) groups is 2. The lowest BCUT2D eigenvalue weighted by Crippen LogP contribution is -2.67. The van der Waals surface area contributed by atoms with Gasteiger partial charge in [-0.2, -0.15) is 0 Å². The number of methoxy groups -OCH3 is 1. The number of amides is 1. The highest BCUT2D eigenvalue weighted by molar-refractivity contribution is 7.98. The number of thiophene rings is 1. The van der Waals surface area contributed by atoms with Crippen LogP contribution in [0.25, 0.3) is 0 Å². The molecule has 180 valence electrons. The molecule has 1 saturated heterocycles. The molecule has 3 atom stereocenters. The number of thioether (sulfide) groups is 1. The molecule has 0 saturated carbocycles. The fourth-order valence-electron chi connectivity index (χ4n) is 4.91. The number of ether oxygens (including phenoxy) is 3. The first kappa shape index (κ1) is 22.2. The van der Waals surface area contributed by atoms with Gasteiger partial charge in [0.1, 0.15) is 24.5 Å². The molecule has 35 heavy (non-hydrogen) atoms. The topological polar surface area (TPSA) is 90.3 Å². The third-order valence-electron chi connectivity index (χ3n) is 6.37. The Labute approximate surface area is 208 Å². The van der Waals surface area contributed by atoms with E-state index >= 15 is 0 Å². The van der Waals surface area contributed by atoms with Crippen molar-refractivity contribution < 1.29 is 23.8 Å². The van der Waals surface area contributed by atoms with Crippen LogP contribution in [0.4, 0.5) is 4.79 Å². The maximum Gasteiger partial charge on any atom is 0.510 e. The summed E-state index contributed by atoms with van der Waals surface area (Å²) < 4.78 is 17.8. The molecule has 0 radical (unpaired) electrons. The van der Waals surface area contributed by atoms with Gasteiger partial charge in [0.25, 0.3) is 5.91 Å². The van der Waals surface area contributed by atoms with E-state index in [-0.39, 0.29) is 30.6 Å². The highest BCUT2D eigenvalue weighted by Gasteiger charge is 2.49. The summed E-state index contributed by atoms with van der Waals surface area (Å²) in [6.45, 7) is 0.0503. The average Bonchev–Trinajstić information content (AvgIpc) is 3.27. The Kier molecular flexibility index (Phi) is 5.54. The first-order valence-corrected chi connectivity index (χ1v) is 12.9. The molecule has 3 aromatic rings. The highest BCUT2D eigenvalue weighted by Crippen LogP contribution is 2.47. The molecule has 3 aliphatic heterocycles. The second-order valence-electron chi connectivity index (χ2n) is 8.27. The second kappa shape index (κ2) is 8.74. The van der Waals surface area contributed by atoms with Crippen molar-refractivity contribution in [1.29, 1.82) is 0 Å². The summed E-state index contributed by atoms with van der Waals surface area (Å²) in [6, 6.07) is 13.0. The quantitative estimate of drug-likeness (QED) is 0.485. The molecule has 1 fully saturated rings. The van der Waals surface area contributed by atoms with Crippen molar-refractivity contribution in [3.05, 3.63) is 86.0 Å². The number of carbonyl (C=O) groups excluding carboxylic acids is 2. The fraction of sp³-hybridized carbons (Fsp3) is 0.292. The van der Waals surface area contributed by atoms with Gasteiger partial charge in [0.15, 0.2) is 5.43 Å². The summed E-state index contributed by atoms with van der Waals surface area (Å²) in [5.41, 5.74) is 2.40. The summed E-state index contributed by atoms with van der Waals surface area (Å²) in [6.07, 6.45) is -1.01. The zero-order chi connectivity index (χ0) is 24.1. The number of hydrogen-bond acceptors (Lipinski definition) is 9. The number of hydrogen-bond donors (Lipinski definition) is 0. The zero-order valence-corrected chi connectivity index (χ0v) is 20.3. The minimum atomic E-state index is -1.13. The third-order valence-corrected chi connectivity index (χ3v) is 8.59. The summed E-state index contributed by atoms with van der Waals surface area (Å²) in [5.74, 6) is 0.476. The molecule has 9 nitrogen and oxygen atoms in total. The Morgan fingerprint density at radius 1 is 1.17 bits per heavy atom. The van der Waals surface area contributed by atoms with Crippen LogP contribution in [-0.2, 0) is 24.8 Å². The molecule has 1 amide bonds. The first-order valence-electron chi connectivity index (χ1n) is 11.0. The molecule has 6 rings (SSSR count). The minimum Gasteiger partial charge on any atom is -0.438 e. The molecular weight excluding hydrogens is 490 g/mol. The largest absolute Gasteiger partial charge is 0.510 e. The smallest absolute Gasteiger partial charge is 0.438 e. The highest BCUT2D eigenvalue weighted by atomic mass is 32.2. The van der Waals surface area contributed by atoms with Crippen LogP contribution < -0.4 is 10.4 Å². The van der Waals surface area contributed by atoms with Gasteiger partial charge in [0.05, 0.1) is 13.7 Å². The van der Waals surface area contributed by atoms with E-state index in [1.165, 1.54) is 34.6 Å². The van der Waals surface area contributed by atoms with Crippen LogP contribution in [0.2, 0.25) is 0 Å². The molecule has 1 unspecified atom stereocenters. The lowest BCUT2D eigenvalue weighted by atomic mass is 9.98. The Balaban J connectivity index is 1.60.